The van der Waals surface area contributed by atoms with Gasteiger partial charge in [-0.15, -0.1) is 0 Å². The lowest BCUT2D eigenvalue weighted by Crippen LogP contribution is -2.36. The molecule has 0 radical (unpaired) electrons. The van der Waals surface area contributed by atoms with E-state index in [1.807, 2.05) is 0 Å². The van der Waals surface area contributed by atoms with Crippen molar-refractivity contribution in [3.05, 3.63) is 127 Å². The molecule has 5 aliphatic carbocycles. The first-order valence-corrected chi connectivity index (χ1v) is 28.8. The third-order valence-electron chi connectivity index (χ3n) is 20.1. The largest absolute Gasteiger partial charge is 0.506 e. The van der Waals surface area contributed by atoms with Crippen molar-refractivity contribution in [3.63, 3.8) is 0 Å². The number of allylic oxidation sites excluding steroid dienone is 5. The normalized spacial score (nSPS) is 29.5. The first kappa shape index (κ1) is 47.1. The maximum Gasteiger partial charge on any atom is 0.201 e. The quantitative estimate of drug-likeness (QED) is 0.201. The average molecular weight is 969 g/mol. The Labute approximate surface area is 434 Å². The zero-order chi connectivity index (χ0) is 50.1. The van der Waals surface area contributed by atoms with Crippen LogP contribution < -0.4 is 5.32 Å². The molecule has 4 unspecified atom stereocenters. The summed E-state index contributed by atoms with van der Waals surface area (Å²) < 4.78 is 0. The van der Waals surface area contributed by atoms with Crippen LogP contribution in [-0.2, 0) is 21.0 Å². The molecule has 6 nitrogen and oxygen atoms in total. The molecule has 9 aliphatic rings. The summed E-state index contributed by atoms with van der Waals surface area (Å²) in [6.45, 7) is 16.2. The summed E-state index contributed by atoms with van der Waals surface area (Å²) in [5.74, 6) is 0.327. The van der Waals surface area contributed by atoms with Crippen molar-refractivity contribution >= 4 is 45.7 Å². The number of hydrogen-bond donors (Lipinski definition) is 2. The Bertz CT molecular complexity index is 3300. The molecule has 13 rings (SSSR count). The number of rotatable bonds is 3. The van der Waals surface area contributed by atoms with E-state index in [2.05, 4.69) is 102 Å². The fourth-order valence-electron chi connectivity index (χ4n) is 15.8. The van der Waals surface area contributed by atoms with Crippen LogP contribution in [0.25, 0.3) is 22.3 Å². The molecule has 4 aliphatic heterocycles. The van der Waals surface area contributed by atoms with Gasteiger partial charge in [-0.3, -0.25) is 19.8 Å². The molecule has 4 heterocycles. The number of carbonyl (C=O) groups excluding carboxylic acids is 1. The molecule has 3 saturated carbocycles. The van der Waals surface area contributed by atoms with Crippen LogP contribution in [0.4, 0.5) is 22.7 Å². The Morgan fingerprint density at radius 1 is 0.493 bits per heavy atom. The first-order chi connectivity index (χ1) is 35.3. The first-order valence-electron chi connectivity index (χ1n) is 28.8. The summed E-state index contributed by atoms with van der Waals surface area (Å²) in [5, 5.41) is 16.5. The number of Topliss-reactive ketones (excluding diaryl/α,β-unsaturated/α-hetero) is 1. The zero-order valence-corrected chi connectivity index (χ0v) is 44.9. The van der Waals surface area contributed by atoms with E-state index in [4.69, 9.17) is 15.0 Å². The van der Waals surface area contributed by atoms with E-state index in [9.17, 15) is 5.11 Å². The van der Waals surface area contributed by atoms with Crippen molar-refractivity contribution in [1.29, 1.82) is 0 Å². The molecule has 376 valence electrons. The van der Waals surface area contributed by atoms with Crippen LogP contribution in [0.5, 0.6) is 0 Å². The fourth-order valence-corrected chi connectivity index (χ4v) is 15.8. The number of carbonyl (C=O) groups is 1. The lowest BCUT2D eigenvalue weighted by atomic mass is 9.67. The van der Waals surface area contributed by atoms with E-state index >= 15 is 4.79 Å². The second-order valence-electron chi connectivity index (χ2n) is 24.9. The van der Waals surface area contributed by atoms with Crippen LogP contribution in [0.1, 0.15) is 212 Å². The number of anilines is 1. The predicted molar refractivity (Wildman–Crippen MR) is 303 cm³/mol. The van der Waals surface area contributed by atoms with Gasteiger partial charge >= 0.3 is 0 Å². The monoisotopic (exact) mass is 969 g/mol. The summed E-state index contributed by atoms with van der Waals surface area (Å²) in [6, 6.07) is 19.2. The molecule has 3 fully saturated rings. The lowest BCUT2D eigenvalue weighted by Gasteiger charge is -2.35. The van der Waals surface area contributed by atoms with Crippen molar-refractivity contribution in [2.24, 2.45) is 15.0 Å². The Balaban J connectivity index is 0.853. The zero-order valence-electron chi connectivity index (χ0n) is 44.9. The summed E-state index contributed by atoms with van der Waals surface area (Å²) in [5.41, 5.74) is 27.5. The Morgan fingerprint density at radius 2 is 0.945 bits per heavy atom. The van der Waals surface area contributed by atoms with E-state index in [-0.39, 0.29) is 33.7 Å². The molecule has 2 N–H and O–H groups in total. The number of fused-ring (bicyclic) bond motifs is 12. The maximum atomic E-state index is 15.2. The van der Waals surface area contributed by atoms with Crippen LogP contribution >= 0.6 is 0 Å². The van der Waals surface area contributed by atoms with Crippen molar-refractivity contribution in [1.82, 2.24) is 0 Å². The van der Waals surface area contributed by atoms with Crippen LogP contribution in [0.15, 0.2) is 97.3 Å². The molecule has 0 saturated heterocycles. The highest BCUT2D eigenvalue weighted by molar-refractivity contribution is 6.27. The molecule has 6 heteroatoms. The van der Waals surface area contributed by atoms with E-state index < -0.39 is 0 Å². The van der Waals surface area contributed by atoms with E-state index in [0.717, 1.165) is 112 Å². The molecule has 4 atom stereocenters. The van der Waals surface area contributed by atoms with Gasteiger partial charge in [0, 0.05) is 45.0 Å². The predicted octanol–water partition coefficient (Wildman–Crippen LogP) is 18.1. The molecular formula is C67H76N4O2. The van der Waals surface area contributed by atoms with Gasteiger partial charge in [0.2, 0.25) is 5.78 Å². The van der Waals surface area contributed by atoms with Gasteiger partial charge in [-0.05, 0) is 238 Å². The number of nitrogens with zero attached hydrogens (tertiary/aromatic N) is 3. The molecule has 4 aromatic rings. The van der Waals surface area contributed by atoms with Crippen molar-refractivity contribution in [2.45, 2.75) is 212 Å². The number of nitrogens with one attached hydrogen (secondary N) is 1. The lowest BCUT2D eigenvalue weighted by molar-refractivity contribution is -0.113. The molecule has 73 heavy (non-hydrogen) atoms. The minimum Gasteiger partial charge on any atom is -0.506 e. The SMILES string of the molecule is Cc1cc(-c2cc(C)c3c(c2)C2CCCCC/C(C4=C(O)C(=C5CCCCCC6(C)C5=Nc5c(C)cc(-c7cc(C)c8c(c7)C7(C)CCCCCCC7=N8)cc56)C4=O)=C\2N3)cc2c1N=C1CCCCCCC12C. The van der Waals surface area contributed by atoms with Crippen molar-refractivity contribution < 1.29 is 9.90 Å². The third kappa shape index (κ3) is 7.21. The minimum atomic E-state index is -0.376. The van der Waals surface area contributed by atoms with Gasteiger partial charge in [-0.25, -0.2) is 0 Å². The highest BCUT2D eigenvalue weighted by Crippen LogP contribution is 2.56. The number of ketones is 1. The summed E-state index contributed by atoms with van der Waals surface area (Å²) in [4.78, 5) is 31.4. The molecule has 0 bridgehead atoms. The minimum absolute atomic E-state index is 0.000638. The highest BCUT2D eigenvalue weighted by atomic mass is 16.3. The summed E-state index contributed by atoms with van der Waals surface area (Å²) in [7, 11) is 0. The second-order valence-corrected chi connectivity index (χ2v) is 24.9. The van der Waals surface area contributed by atoms with Gasteiger partial charge in [0.05, 0.1) is 33.9 Å². The van der Waals surface area contributed by atoms with Gasteiger partial charge in [-0.1, -0.05) is 78.1 Å². The third-order valence-corrected chi connectivity index (χ3v) is 20.1. The molecule has 0 amide bonds. The van der Waals surface area contributed by atoms with Gasteiger partial charge < -0.3 is 10.4 Å². The average Bonchev–Trinajstić information content (AvgIpc) is 4.03. The number of aryl methyl sites for hydroxylation is 4. The van der Waals surface area contributed by atoms with Gasteiger partial charge in [0.25, 0.3) is 0 Å². The fraction of sp³-hybridized carbons (Fsp3) is 0.493. The molecular weight excluding hydrogens is 893 g/mol. The van der Waals surface area contributed by atoms with E-state index in [0.29, 0.717) is 11.1 Å². The smallest absolute Gasteiger partial charge is 0.201 e. The van der Waals surface area contributed by atoms with E-state index in [1.165, 1.54) is 153 Å². The van der Waals surface area contributed by atoms with Crippen LogP contribution in [0, 0.1) is 27.7 Å². The molecule has 4 aromatic carbocycles. The molecule has 0 spiro atoms. The molecule has 0 aromatic heterocycles. The van der Waals surface area contributed by atoms with Gasteiger partial charge in [0.15, 0.2) is 0 Å². The van der Waals surface area contributed by atoms with Crippen LogP contribution in [0.2, 0.25) is 0 Å². The van der Waals surface area contributed by atoms with E-state index in [1.54, 1.807) is 0 Å². The number of aliphatic hydroxyl groups is 1. The number of aliphatic hydroxyl groups excluding tert-OH is 1. The number of hydrogen-bond acceptors (Lipinski definition) is 6. The topological polar surface area (TPSA) is 86.4 Å². The Hall–Kier alpha value is -5.62. The standard InChI is InChI=1S/C67H76N4O2/c1-38-30-42(43-31-39(2)58-50(35-43)65(5)27-19-10-8-17-25-53(65)68-58)34-49-46-22-14-12-15-23-47(61(46)70-57(38)49)55-62(72)56(63(55)73)48-24-16-13-21-29-67(7)52-37-45(33-41(4)60(52)71-64(48)67)44-32-40(3)59-51(36-44)66(6)28-20-11-9-18-26-54(66)69-59/h30-37,46,70,72H,8-29H2,1-7H3/b56-48?,61-47-. The highest BCUT2D eigenvalue weighted by Gasteiger charge is 2.49. The maximum absolute atomic E-state index is 15.2. The van der Waals surface area contributed by atoms with Gasteiger partial charge in [0.1, 0.15) is 5.76 Å². The Morgan fingerprint density at radius 3 is 1.52 bits per heavy atom. The number of aliphatic imine (C=N–C) groups is 3. The van der Waals surface area contributed by atoms with Crippen molar-refractivity contribution in [2.75, 3.05) is 5.32 Å². The second kappa shape index (κ2) is 17.5. The number of benzene rings is 4. The van der Waals surface area contributed by atoms with Crippen LogP contribution in [0.3, 0.4) is 0 Å². The van der Waals surface area contributed by atoms with Crippen molar-refractivity contribution in [3.8, 4) is 22.3 Å². The summed E-state index contributed by atoms with van der Waals surface area (Å²) in [6.07, 6.45) is 24.6. The van der Waals surface area contributed by atoms with Gasteiger partial charge in [-0.2, -0.15) is 0 Å². The van der Waals surface area contributed by atoms with Crippen LogP contribution in [-0.4, -0.2) is 28.0 Å². The Kier molecular flexibility index (Phi) is 11.3. The summed E-state index contributed by atoms with van der Waals surface area (Å²) >= 11 is 0.